The van der Waals surface area contributed by atoms with Crippen LogP contribution in [0, 0.1) is 0 Å². The largest absolute Gasteiger partial charge is 0.379 e. The van der Waals surface area contributed by atoms with Crippen LogP contribution in [-0.4, -0.2) is 31.6 Å². The van der Waals surface area contributed by atoms with Gasteiger partial charge >= 0.3 is 0 Å². The van der Waals surface area contributed by atoms with E-state index < -0.39 is 0 Å². The van der Waals surface area contributed by atoms with Crippen LogP contribution in [-0.2, 0) is 4.79 Å². The third-order valence-electron chi connectivity index (χ3n) is 1.40. The van der Waals surface area contributed by atoms with E-state index in [-0.39, 0.29) is 12.3 Å². The molecule has 1 amide bonds. The zero-order valence-electron chi connectivity index (χ0n) is 7.87. The zero-order valence-corrected chi connectivity index (χ0v) is 7.87. The lowest BCUT2D eigenvalue weighted by Crippen LogP contribution is -2.32. The van der Waals surface area contributed by atoms with E-state index in [0.29, 0.717) is 0 Å². The number of nitrogens with two attached hydrogens (primary N) is 1. The van der Waals surface area contributed by atoms with E-state index in [0.717, 1.165) is 5.70 Å². The normalized spacial score (nSPS) is 10.5. The molecule has 0 aliphatic heterocycles. The quantitative estimate of drug-likeness (QED) is 0.221. The van der Waals surface area contributed by atoms with Crippen molar-refractivity contribution in [3.63, 3.8) is 0 Å². The molecular formula is C7H15N5O. The first-order chi connectivity index (χ1) is 6.11. The Hall–Kier alpha value is -1.56. The predicted molar refractivity (Wildman–Crippen MR) is 51.4 cm³/mol. The van der Waals surface area contributed by atoms with Crippen molar-refractivity contribution in [2.45, 2.75) is 6.42 Å². The van der Waals surface area contributed by atoms with Gasteiger partial charge in [-0.2, -0.15) is 5.10 Å². The molecule has 4 N–H and O–H groups in total. The second-order valence-corrected chi connectivity index (χ2v) is 2.56. The summed E-state index contributed by atoms with van der Waals surface area (Å²) in [6.07, 6.45) is 1.79. The first-order valence-corrected chi connectivity index (χ1v) is 3.69. The minimum absolute atomic E-state index is 0.200. The standard InChI is InChI=1S/C7H15N5O/c1-9-10-5-6(12(2)3)4-7(13)11-8/h5,10H,1,4,8H2,2-3H3,(H,11,13)/b6-5-. The molecule has 0 aliphatic carbocycles. The summed E-state index contributed by atoms with van der Waals surface area (Å²) in [5.41, 5.74) is 5.35. The Morgan fingerprint density at radius 3 is 2.69 bits per heavy atom. The van der Waals surface area contributed by atoms with E-state index in [9.17, 15) is 4.79 Å². The highest BCUT2D eigenvalue weighted by Crippen LogP contribution is 2.02. The molecule has 0 atom stereocenters. The molecule has 6 heteroatoms. The summed E-state index contributed by atoms with van der Waals surface area (Å²) < 4.78 is 0. The predicted octanol–water partition coefficient (Wildman–Crippen LogP) is -1.03. The van der Waals surface area contributed by atoms with Crippen LogP contribution in [0.3, 0.4) is 0 Å². The average molecular weight is 185 g/mol. The minimum Gasteiger partial charge on any atom is -0.379 e. The summed E-state index contributed by atoms with van der Waals surface area (Å²) in [7, 11) is 3.64. The van der Waals surface area contributed by atoms with E-state index in [2.05, 4.69) is 17.2 Å². The van der Waals surface area contributed by atoms with Gasteiger partial charge in [0.05, 0.1) is 6.42 Å². The zero-order chi connectivity index (χ0) is 10.3. The number of rotatable bonds is 5. The monoisotopic (exact) mass is 185 g/mol. The fourth-order valence-corrected chi connectivity index (χ4v) is 0.674. The van der Waals surface area contributed by atoms with Crippen LogP contribution in [0.2, 0.25) is 0 Å². The Labute approximate surface area is 77.4 Å². The van der Waals surface area contributed by atoms with Crippen molar-refractivity contribution < 1.29 is 4.79 Å². The first kappa shape index (κ1) is 11.4. The number of carbonyl (C=O) groups excluding carboxylic acids is 1. The molecule has 0 spiro atoms. The molecular weight excluding hydrogens is 170 g/mol. The average Bonchev–Trinajstić information content (AvgIpc) is 2.11. The highest BCUT2D eigenvalue weighted by molar-refractivity contribution is 5.77. The van der Waals surface area contributed by atoms with Crippen molar-refractivity contribution >= 4 is 12.6 Å². The Kier molecular flexibility index (Phi) is 5.29. The molecule has 0 radical (unpaired) electrons. The number of nitrogens with one attached hydrogen (secondary N) is 2. The number of hydrogen-bond acceptors (Lipinski definition) is 5. The molecule has 0 aromatic heterocycles. The molecule has 0 saturated carbocycles. The molecule has 0 aromatic carbocycles. The minimum atomic E-state index is -0.259. The van der Waals surface area contributed by atoms with Gasteiger partial charge in [0.25, 0.3) is 0 Å². The number of amides is 1. The van der Waals surface area contributed by atoms with E-state index >= 15 is 0 Å². The highest BCUT2D eigenvalue weighted by Gasteiger charge is 2.05. The summed E-state index contributed by atoms with van der Waals surface area (Å²) in [6, 6.07) is 0. The van der Waals surface area contributed by atoms with E-state index in [1.165, 1.54) is 0 Å². The molecule has 0 heterocycles. The fraction of sp³-hybridized carbons (Fsp3) is 0.429. The number of carbonyl (C=O) groups is 1. The lowest BCUT2D eigenvalue weighted by atomic mass is 10.3. The van der Waals surface area contributed by atoms with Gasteiger partial charge in [0.2, 0.25) is 5.91 Å². The van der Waals surface area contributed by atoms with Crippen molar-refractivity contribution in [1.82, 2.24) is 15.8 Å². The van der Waals surface area contributed by atoms with Gasteiger partial charge in [0.1, 0.15) is 0 Å². The molecule has 0 aromatic rings. The van der Waals surface area contributed by atoms with Crippen molar-refractivity contribution in [3.05, 3.63) is 11.9 Å². The SMILES string of the molecule is C=NN/C=C(/CC(=O)NN)N(C)C. The molecule has 0 saturated heterocycles. The Balaban J connectivity index is 4.25. The highest BCUT2D eigenvalue weighted by atomic mass is 16.2. The third-order valence-corrected chi connectivity index (χ3v) is 1.40. The number of hydrogen-bond donors (Lipinski definition) is 3. The van der Waals surface area contributed by atoms with E-state index in [1.807, 2.05) is 19.5 Å². The maximum absolute atomic E-state index is 10.9. The number of hydrazine groups is 1. The lowest BCUT2D eigenvalue weighted by Gasteiger charge is -2.15. The third kappa shape index (κ3) is 4.81. The first-order valence-electron chi connectivity index (χ1n) is 3.69. The maximum Gasteiger partial charge on any atom is 0.239 e. The number of hydrazone groups is 1. The Bertz CT molecular complexity index is 211. The molecule has 0 bridgehead atoms. The van der Waals surface area contributed by atoms with Crippen molar-refractivity contribution in [2.24, 2.45) is 10.9 Å². The number of nitrogens with zero attached hydrogens (tertiary/aromatic N) is 2. The van der Waals surface area contributed by atoms with Crippen molar-refractivity contribution in [2.75, 3.05) is 14.1 Å². The van der Waals surface area contributed by atoms with Gasteiger partial charge in [-0.05, 0) is 0 Å². The fourth-order valence-electron chi connectivity index (χ4n) is 0.674. The topological polar surface area (TPSA) is 82.8 Å². The van der Waals surface area contributed by atoms with Crippen LogP contribution in [0.4, 0.5) is 0 Å². The molecule has 0 fully saturated rings. The molecule has 74 valence electrons. The van der Waals surface area contributed by atoms with Crippen LogP contribution in [0.1, 0.15) is 6.42 Å². The van der Waals surface area contributed by atoms with Crippen LogP contribution in [0.15, 0.2) is 17.0 Å². The van der Waals surface area contributed by atoms with Crippen molar-refractivity contribution in [1.29, 1.82) is 0 Å². The summed E-state index contributed by atoms with van der Waals surface area (Å²) in [5.74, 6) is 4.69. The molecule has 0 aliphatic rings. The van der Waals surface area contributed by atoms with Gasteiger partial charge < -0.3 is 4.90 Å². The van der Waals surface area contributed by atoms with Crippen LogP contribution < -0.4 is 16.7 Å². The second-order valence-electron chi connectivity index (χ2n) is 2.56. The second kappa shape index (κ2) is 6.01. The van der Waals surface area contributed by atoms with Crippen LogP contribution in [0.25, 0.3) is 0 Å². The Morgan fingerprint density at radius 2 is 2.31 bits per heavy atom. The summed E-state index contributed by atoms with van der Waals surface area (Å²) in [5, 5.41) is 3.42. The molecule has 13 heavy (non-hydrogen) atoms. The maximum atomic E-state index is 10.9. The Morgan fingerprint density at radius 1 is 1.69 bits per heavy atom. The van der Waals surface area contributed by atoms with Gasteiger partial charge in [-0.15, -0.1) is 0 Å². The van der Waals surface area contributed by atoms with E-state index in [1.54, 1.807) is 11.1 Å². The molecule has 6 nitrogen and oxygen atoms in total. The van der Waals surface area contributed by atoms with Gasteiger partial charge in [0, 0.05) is 32.7 Å². The summed E-state index contributed by atoms with van der Waals surface area (Å²) >= 11 is 0. The van der Waals surface area contributed by atoms with Crippen molar-refractivity contribution in [3.8, 4) is 0 Å². The smallest absolute Gasteiger partial charge is 0.239 e. The van der Waals surface area contributed by atoms with Gasteiger partial charge in [-0.3, -0.25) is 15.6 Å². The van der Waals surface area contributed by atoms with Gasteiger partial charge in [-0.25, -0.2) is 5.84 Å². The van der Waals surface area contributed by atoms with E-state index in [4.69, 9.17) is 5.84 Å². The van der Waals surface area contributed by atoms with Gasteiger partial charge in [-0.1, -0.05) is 0 Å². The van der Waals surface area contributed by atoms with Gasteiger partial charge in [0.15, 0.2) is 0 Å². The molecule has 0 rings (SSSR count). The summed E-state index contributed by atoms with van der Waals surface area (Å²) in [4.78, 5) is 12.7. The van der Waals surface area contributed by atoms with Crippen LogP contribution in [0.5, 0.6) is 0 Å². The summed E-state index contributed by atoms with van der Waals surface area (Å²) in [6.45, 7) is 3.24. The molecule has 0 unspecified atom stereocenters. The van der Waals surface area contributed by atoms with Crippen LogP contribution >= 0.6 is 0 Å². The lowest BCUT2D eigenvalue weighted by molar-refractivity contribution is -0.120.